The van der Waals surface area contributed by atoms with E-state index < -0.39 is 16.8 Å². The number of aromatic nitrogens is 2. The zero-order valence-corrected chi connectivity index (χ0v) is 17.1. The maximum absolute atomic E-state index is 12.7. The van der Waals surface area contributed by atoms with E-state index >= 15 is 0 Å². The molecular formula is C21H20N4O6. The molecule has 0 fully saturated rings. The Labute approximate surface area is 177 Å². The first-order chi connectivity index (χ1) is 14.8. The number of benzene rings is 2. The molecule has 3 rings (SSSR count). The lowest BCUT2D eigenvalue weighted by Gasteiger charge is -2.09. The van der Waals surface area contributed by atoms with Crippen molar-refractivity contribution in [2.45, 2.75) is 13.5 Å². The monoisotopic (exact) mass is 424 g/mol. The topological polar surface area (TPSA) is 126 Å². The number of carbonyl (C=O) groups excluding carboxylic acids is 2. The van der Waals surface area contributed by atoms with Crippen LogP contribution in [0.2, 0.25) is 0 Å². The quantitative estimate of drug-likeness (QED) is 0.350. The molecule has 31 heavy (non-hydrogen) atoms. The first kappa shape index (κ1) is 21.5. The van der Waals surface area contributed by atoms with Crippen LogP contribution in [0.3, 0.4) is 0 Å². The van der Waals surface area contributed by atoms with Crippen molar-refractivity contribution in [2.75, 3.05) is 12.4 Å². The molecule has 0 aliphatic carbocycles. The normalized spacial score (nSPS) is 10.4. The molecule has 1 heterocycles. The van der Waals surface area contributed by atoms with E-state index in [1.165, 1.54) is 30.1 Å². The second kappa shape index (κ2) is 9.08. The van der Waals surface area contributed by atoms with Gasteiger partial charge in [-0.3, -0.25) is 19.6 Å². The van der Waals surface area contributed by atoms with Gasteiger partial charge in [0.25, 0.3) is 11.6 Å². The van der Waals surface area contributed by atoms with E-state index in [1.54, 1.807) is 44.3 Å². The minimum absolute atomic E-state index is 0.00591. The van der Waals surface area contributed by atoms with E-state index in [0.717, 1.165) is 5.56 Å². The summed E-state index contributed by atoms with van der Waals surface area (Å²) in [6.45, 7) is 1.80. The SMILES string of the molecule is COC(=O)c1nn(C)cc1NC(=O)c1cccc(COc2ccc([N+](=O)[O-])c(C)c2)c1. The molecule has 1 N–H and O–H groups in total. The number of nitrogens with one attached hydrogen (secondary N) is 1. The fourth-order valence-electron chi connectivity index (χ4n) is 2.91. The summed E-state index contributed by atoms with van der Waals surface area (Å²) in [6, 6.07) is 11.3. The van der Waals surface area contributed by atoms with Gasteiger partial charge in [0.2, 0.25) is 0 Å². The van der Waals surface area contributed by atoms with Crippen molar-refractivity contribution in [3.8, 4) is 5.75 Å². The van der Waals surface area contributed by atoms with Crippen LogP contribution in [-0.4, -0.2) is 33.7 Å². The second-order valence-corrected chi connectivity index (χ2v) is 6.71. The number of methoxy groups -OCH3 is 1. The Morgan fingerprint density at radius 1 is 1.23 bits per heavy atom. The second-order valence-electron chi connectivity index (χ2n) is 6.71. The highest BCUT2D eigenvalue weighted by Gasteiger charge is 2.19. The molecule has 10 nitrogen and oxygen atoms in total. The number of amides is 1. The Kier molecular flexibility index (Phi) is 6.29. The van der Waals surface area contributed by atoms with Crippen molar-refractivity contribution in [3.05, 3.63) is 81.2 Å². The number of ether oxygens (including phenoxy) is 2. The van der Waals surface area contributed by atoms with Gasteiger partial charge < -0.3 is 14.8 Å². The summed E-state index contributed by atoms with van der Waals surface area (Å²) in [5.41, 5.74) is 1.85. The van der Waals surface area contributed by atoms with E-state index in [1.807, 2.05) is 0 Å². The molecule has 0 spiro atoms. The van der Waals surface area contributed by atoms with Crippen molar-refractivity contribution < 1.29 is 24.0 Å². The summed E-state index contributed by atoms with van der Waals surface area (Å²) in [7, 11) is 2.86. The minimum Gasteiger partial charge on any atom is -0.489 e. The molecule has 0 saturated heterocycles. The fraction of sp³-hybridized carbons (Fsp3) is 0.190. The summed E-state index contributed by atoms with van der Waals surface area (Å²) in [6.07, 6.45) is 1.51. The average Bonchev–Trinajstić information content (AvgIpc) is 3.11. The number of nitro groups is 1. The Balaban J connectivity index is 1.70. The summed E-state index contributed by atoms with van der Waals surface area (Å²) >= 11 is 0. The third kappa shape index (κ3) is 5.04. The number of carbonyl (C=O) groups is 2. The average molecular weight is 424 g/mol. The molecule has 0 atom stereocenters. The zero-order valence-electron chi connectivity index (χ0n) is 17.1. The summed E-state index contributed by atoms with van der Waals surface area (Å²) < 4.78 is 11.8. The summed E-state index contributed by atoms with van der Waals surface area (Å²) in [5.74, 6) is -0.598. The van der Waals surface area contributed by atoms with Gasteiger partial charge in [0.05, 0.1) is 17.7 Å². The van der Waals surface area contributed by atoms with Gasteiger partial charge in [0, 0.05) is 30.4 Å². The molecule has 160 valence electrons. The Morgan fingerprint density at radius 3 is 2.68 bits per heavy atom. The van der Waals surface area contributed by atoms with Crippen LogP contribution in [-0.2, 0) is 18.4 Å². The van der Waals surface area contributed by atoms with Crippen LogP contribution in [0.25, 0.3) is 0 Å². The van der Waals surface area contributed by atoms with E-state index in [9.17, 15) is 19.7 Å². The van der Waals surface area contributed by atoms with Crippen molar-refractivity contribution in [2.24, 2.45) is 7.05 Å². The van der Waals surface area contributed by atoms with E-state index in [-0.39, 0.29) is 23.7 Å². The summed E-state index contributed by atoms with van der Waals surface area (Å²) in [5, 5.41) is 17.6. The first-order valence-electron chi connectivity index (χ1n) is 9.18. The highest BCUT2D eigenvalue weighted by atomic mass is 16.6. The van der Waals surface area contributed by atoms with Gasteiger partial charge in [0.15, 0.2) is 5.69 Å². The highest BCUT2D eigenvalue weighted by Crippen LogP contribution is 2.24. The van der Waals surface area contributed by atoms with Crippen LogP contribution in [0, 0.1) is 17.0 Å². The highest BCUT2D eigenvalue weighted by molar-refractivity contribution is 6.07. The third-order valence-corrected chi connectivity index (χ3v) is 4.42. The Hall–Kier alpha value is -4.21. The zero-order chi connectivity index (χ0) is 22.5. The first-order valence-corrected chi connectivity index (χ1v) is 9.18. The van der Waals surface area contributed by atoms with Crippen molar-refractivity contribution in [1.82, 2.24) is 9.78 Å². The van der Waals surface area contributed by atoms with E-state index in [2.05, 4.69) is 15.2 Å². The number of nitrogens with zero attached hydrogens (tertiary/aromatic N) is 3. The van der Waals surface area contributed by atoms with E-state index in [0.29, 0.717) is 16.9 Å². The number of anilines is 1. The molecular weight excluding hydrogens is 404 g/mol. The number of rotatable bonds is 7. The lowest BCUT2D eigenvalue weighted by atomic mass is 10.1. The predicted octanol–water partition coefficient (Wildman–Crippen LogP) is 3.25. The predicted molar refractivity (Wildman–Crippen MR) is 111 cm³/mol. The largest absolute Gasteiger partial charge is 0.489 e. The number of hydrogen-bond donors (Lipinski definition) is 1. The smallest absolute Gasteiger partial charge is 0.360 e. The van der Waals surface area contributed by atoms with Crippen LogP contribution in [0.15, 0.2) is 48.7 Å². The van der Waals surface area contributed by atoms with Crippen molar-refractivity contribution in [3.63, 3.8) is 0 Å². The number of aryl methyl sites for hydroxylation is 2. The van der Waals surface area contributed by atoms with Gasteiger partial charge >= 0.3 is 5.97 Å². The summed E-state index contributed by atoms with van der Waals surface area (Å²) in [4.78, 5) is 34.9. The number of hydrogen-bond acceptors (Lipinski definition) is 7. The molecule has 2 aromatic carbocycles. The van der Waals surface area contributed by atoms with Gasteiger partial charge in [-0.05, 0) is 36.8 Å². The molecule has 0 aliphatic rings. The molecule has 3 aromatic rings. The molecule has 0 radical (unpaired) electrons. The van der Waals surface area contributed by atoms with Crippen LogP contribution < -0.4 is 10.1 Å². The standard InChI is InChI=1S/C21H20N4O6/c1-13-9-16(7-8-18(13)25(28)29)31-12-14-5-4-6-15(10-14)20(26)22-17-11-24(2)23-19(17)21(27)30-3/h4-11H,12H2,1-3H3,(H,22,26). The number of nitro benzene ring substituents is 1. The third-order valence-electron chi connectivity index (χ3n) is 4.42. The molecule has 1 aromatic heterocycles. The van der Waals surface area contributed by atoms with Gasteiger partial charge in [-0.25, -0.2) is 4.79 Å². The molecule has 0 aliphatic heterocycles. The minimum atomic E-state index is -0.656. The maximum Gasteiger partial charge on any atom is 0.360 e. The molecule has 0 saturated carbocycles. The Morgan fingerprint density at radius 2 is 2.00 bits per heavy atom. The number of esters is 1. The molecule has 10 heteroatoms. The van der Waals surface area contributed by atoms with Crippen LogP contribution in [0.1, 0.15) is 32.0 Å². The molecule has 0 bridgehead atoms. The fourth-order valence-corrected chi connectivity index (χ4v) is 2.91. The van der Waals surface area contributed by atoms with Crippen molar-refractivity contribution in [1.29, 1.82) is 0 Å². The van der Waals surface area contributed by atoms with Gasteiger partial charge in [-0.1, -0.05) is 12.1 Å². The van der Waals surface area contributed by atoms with Crippen LogP contribution in [0.4, 0.5) is 11.4 Å². The molecule has 0 unspecified atom stereocenters. The lowest BCUT2D eigenvalue weighted by molar-refractivity contribution is -0.385. The van der Waals surface area contributed by atoms with Crippen molar-refractivity contribution >= 4 is 23.3 Å². The van der Waals surface area contributed by atoms with Crippen LogP contribution in [0.5, 0.6) is 5.75 Å². The van der Waals surface area contributed by atoms with Gasteiger partial charge in [0.1, 0.15) is 12.4 Å². The van der Waals surface area contributed by atoms with E-state index in [4.69, 9.17) is 4.74 Å². The van der Waals surface area contributed by atoms with Gasteiger partial charge in [-0.15, -0.1) is 0 Å². The van der Waals surface area contributed by atoms with Gasteiger partial charge in [-0.2, -0.15) is 5.10 Å². The molecule has 1 amide bonds. The van der Waals surface area contributed by atoms with Crippen LogP contribution >= 0.6 is 0 Å². The lowest BCUT2D eigenvalue weighted by Crippen LogP contribution is -2.15. The Bertz CT molecular complexity index is 1150. The maximum atomic E-state index is 12.7.